The number of carbonyl (C=O) groups excluding carboxylic acids is 1. The topological polar surface area (TPSA) is 71.3 Å². The molecule has 138 valence electrons. The van der Waals surface area contributed by atoms with Crippen molar-refractivity contribution in [3.8, 4) is 11.4 Å². The highest BCUT2D eigenvalue weighted by atomic mass is 16.5. The van der Waals surface area contributed by atoms with E-state index in [4.69, 9.17) is 4.52 Å². The Kier molecular flexibility index (Phi) is 4.73. The summed E-state index contributed by atoms with van der Waals surface area (Å²) < 4.78 is 5.01. The first kappa shape index (κ1) is 17.4. The first-order valence-electron chi connectivity index (χ1n) is 9.04. The zero-order valence-electron chi connectivity index (χ0n) is 15.5. The Hall–Kier alpha value is -2.99. The molecule has 0 saturated heterocycles. The quantitative estimate of drug-likeness (QED) is 0.773. The summed E-state index contributed by atoms with van der Waals surface area (Å²) in [7, 11) is 2.00. The first-order valence-corrected chi connectivity index (χ1v) is 9.04. The fourth-order valence-corrected chi connectivity index (χ4v) is 3.44. The van der Waals surface area contributed by atoms with Gasteiger partial charge in [-0.15, -0.1) is 0 Å². The third kappa shape index (κ3) is 3.75. The maximum absolute atomic E-state index is 12.7. The third-order valence-electron chi connectivity index (χ3n) is 4.99. The summed E-state index contributed by atoms with van der Waals surface area (Å²) in [5.41, 5.74) is 4.49. The minimum atomic E-state index is -0.138. The zero-order chi connectivity index (χ0) is 18.8. The summed E-state index contributed by atoms with van der Waals surface area (Å²) >= 11 is 0. The van der Waals surface area contributed by atoms with E-state index in [-0.39, 0.29) is 11.9 Å². The number of rotatable bonds is 4. The molecule has 0 radical (unpaired) electrons. The Labute approximate surface area is 158 Å². The number of hydrogen-bond donors (Lipinski definition) is 1. The predicted octanol–water partition coefficient (Wildman–Crippen LogP) is 2.72. The lowest BCUT2D eigenvalue weighted by molar-refractivity contribution is -0.126. The smallest absolute Gasteiger partial charge is 0.237 e. The van der Waals surface area contributed by atoms with Gasteiger partial charge in [0.1, 0.15) is 0 Å². The second-order valence-electron chi connectivity index (χ2n) is 6.96. The minimum Gasteiger partial charge on any atom is -0.351 e. The van der Waals surface area contributed by atoms with Gasteiger partial charge in [-0.1, -0.05) is 53.7 Å². The maximum Gasteiger partial charge on any atom is 0.237 e. The Morgan fingerprint density at radius 1 is 1.19 bits per heavy atom. The number of amides is 1. The number of aryl methyl sites for hydroxylation is 1. The molecule has 0 spiro atoms. The Morgan fingerprint density at radius 2 is 1.93 bits per heavy atom. The van der Waals surface area contributed by atoms with Gasteiger partial charge in [-0.05, 0) is 30.2 Å². The molecule has 6 heteroatoms. The average molecular weight is 362 g/mol. The summed E-state index contributed by atoms with van der Waals surface area (Å²) in [4.78, 5) is 19.0. The summed E-state index contributed by atoms with van der Waals surface area (Å²) in [6, 6.07) is 16.0. The van der Waals surface area contributed by atoms with Gasteiger partial charge >= 0.3 is 0 Å². The lowest BCUT2D eigenvalue weighted by atomic mass is 9.94. The molecule has 1 amide bonds. The van der Waals surface area contributed by atoms with Crippen LogP contribution < -0.4 is 5.32 Å². The van der Waals surface area contributed by atoms with Crippen LogP contribution in [0.5, 0.6) is 0 Å². The van der Waals surface area contributed by atoms with E-state index in [1.165, 1.54) is 11.1 Å². The molecule has 3 aromatic rings. The van der Waals surface area contributed by atoms with E-state index in [1.54, 1.807) is 6.92 Å². The van der Waals surface area contributed by atoms with Crippen molar-refractivity contribution in [3.05, 3.63) is 71.1 Å². The number of likely N-dealkylation sites (N-methyl/N-ethyl adjacent to an activating group) is 1. The van der Waals surface area contributed by atoms with Crippen molar-refractivity contribution in [2.75, 3.05) is 7.05 Å². The highest BCUT2D eigenvalue weighted by molar-refractivity contribution is 5.82. The van der Waals surface area contributed by atoms with Crippen LogP contribution in [0.2, 0.25) is 0 Å². The molecule has 1 N–H and O–H groups in total. The molecule has 0 aliphatic carbocycles. The normalized spacial score (nSPS) is 16.7. The summed E-state index contributed by atoms with van der Waals surface area (Å²) in [5.74, 6) is 1.18. The number of aromatic nitrogens is 2. The summed E-state index contributed by atoms with van der Waals surface area (Å²) in [6.45, 7) is 3.06. The van der Waals surface area contributed by atoms with Crippen LogP contribution in [-0.4, -0.2) is 34.0 Å². The molecular formula is C21H22N4O2. The lowest BCUT2D eigenvalue weighted by Gasteiger charge is -2.33. The third-order valence-corrected chi connectivity index (χ3v) is 4.99. The average Bonchev–Trinajstić information content (AvgIpc) is 3.12. The zero-order valence-corrected chi connectivity index (χ0v) is 15.5. The number of benzene rings is 2. The standard InChI is InChI=1S/C21H22N4O2/c1-14-23-20(24-27-14)16-9-7-15(8-10-16)12-22-21(26)19-11-17-5-3-4-6-18(17)13-25(19)2/h3-10,19H,11-13H2,1-2H3,(H,22,26)/t19-/m1/s1. The van der Waals surface area contributed by atoms with Crippen LogP contribution in [0.3, 0.4) is 0 Å². The van der Waals surface area contributed by atoms with E-state index in [2.05, 4.69) is 32.5 Å². The molecule has 6 nitrogen and oxygen atoms in total. The molecule has 2 aromatic carbocycles. The SMILES string of the molecule is Cc1nc(-c2ccc(CNC(=O)[C@H]3Cc4ccccc4CN3C)cc2)no1. The second-order valence-corrected chi connectivity index (χ2v) is 6.96. The van der Waals surface area contributed by atoms with Gasteiger partial charge in [0.05, 0.1) is 6.04 Å². The van der Waals surface area contributed by atoms with Crippen molar-refractivity contribution < 1.29 is 9.32 Å². The van der Waals surface area contributed by atoms with Gasteiger partial charge in [0, 0.05) is 25.6 Å². The molecule has 0 bridgehead atoms. The molecule has 1 aromatic heterocycles. The van der Waals surface area contributed by atoms with Crippen molar-refractivity contribution in [2.24, 2.45) is 0 Å². The van der Waals surface area contributed by atoms with Gasteiger partial charge in [0.15, 0.2) is 0 Å². The van der Waals surface area contributed by atoms with Gasteiger partial charge in [-0.3, -0.25) is 9.69 Å². The molecule has 4 rings (SSSR count). The van der Waals surface area contributed by atoms with Crippen molar-refractivity contribution >= 4 is 5.91 Å². The first-order chi connectivity index (χ1) is 13.1. The van der Waals surface area contributed by atoms with Crippen LogP contribution in [0, 0.1) is 6.92 Å². The lowest BCUT2D eigenvalue weighted by Crippen LogP contribution is -2.48. The van der Waals surface area contributed by atoms with Crippen molar-refractivity contribution in [1.29, 1.82) is 0 Å². The van der Waals surface area contributed by atoms with E-state index < -0.39 is 0 Å². The van der Waals surface area contributed by atoms with Crippen LogP contribution in [0.1, 0.15) is 22.6 Å². The van der Waals surface area contributed by atoms with Crippen molar-refractivity contribution in [2.45, 2.75) is 32.5 Å². The molecule has 27 heavy (non-hydrogen) atoms. The van der Waals surface area contributed by atoms with Gasteiger partial charge in [0.2, 0.25) is 17.6 Å². The van der Waals surface area contributed by atoms with Crippen molar-refractivity contribution in [1.82, 2.24) is 20.4 Å². The fraction of sp³-hybridized carbons (Fsp3) is 0.286. The predicted molar refractivity (Wildman–Crippen MR) is 102 cm³/mol. The largest absolute Gasteiger partial charge is 0.351 e. The molecule has 0 saturated carbocycles. The Balaban J connectivity index is 1.38. The van der Waals surface area contributed by atoms with Gasteiger partial charge in [-0.2, -0.15) is 4.98 Å². The molecule has 0 unspecified atom stereocenters. The monoisotopic (exact) mass is 362 g/mol. The molecule has 1 aliphatic heterocycles. The minimum absolute atomic E-state index is 0.0601. The number of fused-ring (bicyclic) bond motifs is 1. The molecule has 1 aliphatic rings. The number of nitrogens with one attached hydrogen (secondary N) is 1. The van der Waals surface area contributed by atoms with E-state index in [1.807, 2.05) is 43.4 Å². The highest BCUT2D eigenvalue weighted by Gasteiger charge is 2.28. The van der Waals surface area contributed by atoms with Gasteiger partial charge in [0.25, 0.3) is 0 Å². The molecule has 2 heterocycles. The van der Waals surface area contributed by atoms with Crippen LogP contribution in [0.25, 0.3) is 11.4 Å². The van der Waals surface area contributed by atoms with E-state index >= 15 is 0 Å². The van der Waals surface area contributed by atoms with Crippen molar-refractivity contribution in [3.63, 3.8) is 0 Å². The Morgan fingerprint density at radius 3 is 2.63 bits per heavy atom. The Bertz CT molecular complexity index is 949. The number of nitrogens with zero attached hydrogens (tertiary/aromatic N) is 3. The van der Waals surface area contributed by atoms with Crippen LogP contribution >= 0.6 is 0 Å². The number of hydrogen-bond acceptors (Lipinski definition) is 5. The van der Waals surface area contributed by atoms with E-state index in [9.17, 15) is 4.79 Å². The van der Waals surface area contributed by atoms with Gasteiger partial charge < -0.3 is 9.84 Å². The van der Waals surface area contributed by atoms with Gasteiger partial charge in [-0.25, -0.2) is 0 Å². The fourth-order valence-electron chi connectivity index (χ4n) is 3.44. The van der Waals surface area contributed by atoms with Crippen LogP contribution in [0.4, 0.5) is 0 Å². The second kappa shape index (κ2) is 7.32. The van der Waals surface area contributed by atoms with Crippen LogP contribution in [-0.2, 0) is 24.3 Å². The van der Waals surface area contributed by atoms with E-state index in [0.717, 1.165) is 24.1 Å². The summed E-state index contributed by atoms with van der Waals surface area (Å²) in [5, 5.41) is 6.98. The molecule has 0 fully saturated rings. The highest BCUT2D eigenvalue weighted by Crippen LogP contribution is 2.22. The number of carbonyl (C=O) groups is 1. The van der Waals surface area contributed by atoms with E-state index in [0.29, 0.717) is 18.3 Å². The van der Waals surface area contributed by atoms with Crippen LogP contribution in [0.15, 0.2) is 53.1 Å². The maximum atomic E-state index is 12.7. The molecule has 1 atom stereocenters. The molecular weight excluding hydrogens is 340 g/mol. The summed E-state index contributed by atoms with van der Waals surface area (Å²) in [6.07, 6.45) is 0.745.